The van der Waals surface area contributed by atoms with Gasteiger partial charge in [-0.05, 0) is 43.2 Å². The lowest BCUT2D eigenvalue weighted by Crippen LogP contribution is -1.92. The highest BCUT2D eigenvalue weighted by Gasteiger charge is 2.07. The van der Waals surface area contributed by atoms with Gasteiger partial charge in [0.25, 0.3) is 0 Å². The summed E-state index contributed by atoms with van der Waals surface area (Å²) in [4.78, 5) is 5.43. The van der Waals surface area contributed by atoms with Gasteiger partial charge in [0.1, 0.15) is 0 Å². The van der Waals surface area contributed by atoms with Crippen molar-refractivity contribution >= 4 is 24.2 Å². The first-order chi connectivity index (χ1) is 8.99. The zero-order valence-electron chi connectivity index (χ0n) is 13.4. The van der Waals surface area contributed by atoms with Crippen LogP contribution in [-0.2, 0) is 6.42 Å². The van der Waals surface area contributed by atoms with Crippen LogP contribution in [0.2, 0.25) is 0 Å². The molecule has 0 saturated carbocycles. The van der Waals surface area contributed by atoms with Crippen LogP contribution in [0.15, 0.2) is 22.0 Å². The van der Waals surface area contributed by atoms with E-state index in [1.807, 2.05) is 11.8 Å². The van der Waals surface area contributed by atoms with E-state index >= 15 is 0 Å². The molecule has 108 valence electrons. The fourth-order valence-corrected chi connectivity index (χ4v) is 2.70. The molecular formula is C17H29NS. The first-order valence-corrected chi connectivity index (χ1v) is 8.21. The second-order valence-corrected chi connectivity index (χ2v) is 6.24. The van der Waals surface area contributed by atoms with E-state index in [4.69, 9.17) is 0 Å². The maximum Gasteiger partial charge on any atom is 0.0787 e. The van der Waals surface area contributed by atoms with Crippen molar-refractivity contribution in [3.63, 3.8) is 0 Å². The molecule has 2 heteroatoms. The summed E-state index contributed by atoms with van der Waals surface area (Å²) in [5, 5.41) is 0. The van der Waals surface area contributed by atoms with E-state index in [2.05, 4.69) is 65.4 Å². The molecule has 0 atom stereocenters. The number of benzene rings is 1. The van der Waals surface area contributed by atoms with E-state index in [1.54, 1.807) is 0 Å². The lowest BCUT2D eigenvalue weighted by Gasteiger charge is -2.11. The van der Waals surface area contributed by atoms with Gasteiger partial charge in [0.2, 0.25) is 0 Å². The minimum Gasteiger partial charge on any atom is -0.263 e. The van der Waals surface area contributed by atoms with Gasteiger partial charge in [-0.25, -0.2) is 0 Å². The maximum absolute atomic E-state index is 4.15. The average molecular weight is 279 g/mol. The summed E-state index contributed by atoms with van der Waals surface area (Å²) >= 11 is 1.89. The number of rotatable bonds is 5. The quantitative estimate of drug-likeness (QED) is 0.472. The number of hydrogen-bond donors (Lipinski definition) is 0. The second kappa shape index (κ2) is 10.1. The molecule has 0 unspecified atom stereocenters. The summed E-state index contributed by atoms with van der Waals surface area (Å²) in [6.07, 6.45) is 2.33. The van der Waals surface area contributed by atoms with Gasteiger partial charge in [-0.2, -0.15) is 0 Å². The normalized spacial score (nSPS) is 10.1. The summed E-state index contributed by atoms with van der Waals surface area (Å²) in [6.45, 7) is 16.7. The van der Waals surface area contributed by atoms with Crippen LogP contribution in [0.25, 0.3) is 0 Å². The van der Waals surface area contributed by atoms with Crippen molar-refractivity contribution in [1.29, 1.82) is 0 Å². The molecule has 0 radical (unpaired) electrons. The summed E-state index contributed by atoms with van der Waals surface area (Å²) in [7, 11) is 0. The Labute approximate surface area is 123 Å². The standard InChI is InChI=1S/C14H21NS.C3H8/c1-6-12-7-11(4)14(15-5)13(8-12)16-9-10(2)3;1-3-2/h7-8,10H,5-6,9H2,1-4H3;3H2,1-2H3. The van der Waals surface area contributed by atoms with E-state index in [0.29, 0.717) is 5.92 Å². The minimum atomic E-state index is 0.702. The van der Waals surface area contributed by atoms with Gasteiger partial charge in [-0.1, -0.05) is 47.1 Å². The fraction of sp³-hybridized carbons (Fsp3) is 0.588. The second-order valence-electron chi connectivity index (χ2n) is 5.18. The van der Waals surface area contributed by atoms with Crippen molar-refractivity contribution in [1.82, 2.24) is 0 Å². The number of thioether (sulfide) groups is 1. The van der Waals surface area contributed by atoms with Crippen LogP contribution in [0.4, 0.5) is 5.69 Å². The summed E-state index contributed by atoms with van der Waals surface area (Å²) in [5.74, 6) is 1.84. The molecule has 1 aromatic rings. The van der Waals surface area contributed by atoms with Crippen LogP contribution in [0, 0.1) is 12.8 Å². The smallest absolute Gasteiger partial charge is 0.0787 e. The lowest BCUT2D eigenvalue weighted by molar-refractivity contribution is 0.750. The summed E-state index contributed by atoms with van der Waals surface area (Å²) in [5.41, 5.74) is 3.68. The van der Waals surface area contributed by atoms with E-state index in [0.717, 1.165) is 17.9 Å². The molecule has 0 saturated heterocycles. The van der Waals surface area contributed by atoms with Crippen LogP contribution >= 0.6 is 11.8 Å². The third-order valence-corrected chi connectivity index (χ3v) is 3.92. The van der Waals surface area contributed by atoms with Gasteiger partial charge in [-0.15, -0.1) is 11.8 Å². The third-order valence-electron chi connectivity index (χ3n) is 2.46. The van der Waals surface area contributed by atoms with Crippen LogP contribution in [0.5, 0.6) is 0 Å². The Morgan fingerprint density at radius 2 is 1.79 bits per heavy atom. The Morgan fingerprint density at radius 1 is 1.21 bits per heavy atom. The molecule has 1 aromatic carbocycles. The van der Waals surface area contributed by atoms with Crippen molar-refractivity contribution in [2.24, 2.45) is 10.9 Å². The molecule has 19 heavy (non-hydrogen) atoms. The van der Waals surface area contributed by atoms with Gasteiger partial charge in [0.05, 0.1) is 5.69 Å². The number of hydrogen-bond acceptors (Lipinski definition) is 2. The Morgan fingerprint density at radius 3 is 2.21 bits per heavy atom. The maximum atomic E-state index is 4.15. The molecule has 0 aromatic heterocycles. The zero-order valence-corrected chi connectivity index (χ0v) is 14.2. The highest BCUT2D eigenvalue weighted by Crippen LogP contribution is 2.34. The Balaban J connectivity index is 0.000000982. The highest BCUT2D eigenvalue weighted by atomic mass is 32.2. The topological polar surface area (TPSA) is 12.4 Å². The lowest BCUT2D eigenvalue weighted by atomic mass is 10.1. The van der Waals surface area contributed by atoms with E-state index < -0.39 is 0 Å². The summed E-state index contributed by atoms with van der Waals surface area (Å²) < 4.78 is 0. The van der Waals surface area contributed by atoms with Crippen LogP contribution < -0.4 is 0 Å². The Hall–Kier alpha value is -0.760. The largest absolute Gasteiger partial charge is 0.263 e. The van der Waals surface area contributed by atoms with Crippen LogP contribution in [-0.4, -0.2) is 12.5 Å². The molecule has 1 rings (SSSR count). The minimum absolute atomic E-state index is 0.702. The van der Waals surface area contributed by atoms with Crippen LogP contribution in [0.3, 0.4) is 0 Å². The average Bonchev–Trinajstić information content (AvgIpc) is 2.36. The first-order valence-electron chi connectivity index (χ1n) is 7.23. The zero-order chi connectivity index (χ0) is 14.8. The predicted molar refractivity (Wildman–Crippen MR) is 91.3 cm³/mol. The third kappa shape index (κ3) is 6.81. The number of aliphatic imine (C=N–C) groups is 1. The number of nitrogens with zero attached hydrogens (tertiary/aromatic N) is 1. The van der Waals surface area contributed by atoms with Crippen LogP contribution in [0.1, 0.15) is 52.2 Å². The Bertz CT molecular complexity index is 383. The van der Waals surface area contributed by atoms with E-state index in [1.165, 1.54) is 22.4 Å². The molecule has 0 fully saturated rings. The van der Waals surface area contributed by atoms with Crippen molar-refractivity contribution < 1.29 is 0 Å². The van der Waals surface area contributed by atoms with Gasteiger partial charge >= 0.3 is 0 Å². The molecule has 0 spiro atoms. The molecule has 0 aliphatic carbocycles. The number of aryl methyl sites for hydroxylation is 2. The predicted octanol–water partition coefficient (Wildman–Crippen LogP) is 6.05. The van der Waals surface area contributed by atoms with Gasteiger partial charge < -0.3 is 0 Å². The molecule has 0 aliphatic rings. The first kappa shape index (κ1) is 18.2. The molecule has 0 heterocycles. The van der Waals surface area contributed by atoms with Crippen molar-refractivity contribution in [3.8, 4) is 0 Å². The molecule has 0 bridgehead atoms. The summed E-state index contributed by atoms with van der Waals surface area (Å²) in [6, 6.07) is 4.47. The SMILES string of the molecule is C=Nc1c(C)cc(CC)cc1SCC(C)C.CCC. The van der Waals surface area contributed by atoms with Gasteiger partial charge in [0, 0.05) is 10.6 Å². The molecule has 0 amide bonds. The van der Waals surface area contributed by atoms with Gasteiger partial charge in [-0.3, -0.25) is 4.99 Å². The van der Waals surface area contributed by atoms with Crippen molar-refractivity contribution in [3.05, 3.63) is 23.3 Å². The molecule has 1 nitrogen and oxygen atoms in total. The molecule has 0 aliphatic heterocycles. The van der Waals surface area contributed by atoms with Crippen molar-refractivity contribution in [2.45, 2.75) is 59.3 Å². The van der Waals surface area contributed by atoms with E-state index in [9.17, 15) is 0 Å². The highest BCUT2D eigenvalue weighted by molar-refractivity contribution is 7.99. The fourth-order valence-electron chi connectivity index (χ4n) is 1.59. The molecule has 0 N–H and O–H groups in total. The van der Waals surface area contributed by atoms with Crippen molar-refractivity contribution in [2.75, 3.05) is 5.75 Å². The Kier molecular flexibility index (Phi) is 9.68. The van der Waals surface area contributed by atoms with Gasteiger partial charge in [0.15, 0.2) is 0 Å². The molecular weight excluding hydrogens is 250 g/mol. The van der Waals surface area contributed by atoms with E-state index in [-0.39, 0.29) is 0 Å². The monoisotopic (exact) mass is 279 g/mol.